The maximum Gasteiger partial charge on any atom is 0.289 e. The number of hydrogen-bond acceptors (Lipinski definition) is 7. The van der Waals surface area contributed by atoms with Crippen LogP contribution in [0.5, 0.6) is 11.5 Å². The maximum absolute atomic E-state index is 12.7. The van der Waals surface area contributed by atoms with Crippen LogP contribution in [-0.4, -0.2) is 66.9 Å². The highest BCUT2D eigenvalue weighted by molar-refractivity contribution is 6.05. The van der Waals surface area contributed by atoms with Crippen LogP contribution in [0.25, 0.3) is 0 Å². The SMILES string of the molecule is CC(=O)c1cc2c(cc1NC(=O)CN(C)C1CCN(C(=O)c3ccco3)CC1)OCO2. The second-order valence-electron chi connectivity index (χ2n) is 7.77. The quantitative estimate of drug-likeness (QED) is 0.707. The average Bonchev–Trinajstić information content (AvgIpc) is 3.44. The molecule has 2 aromatic rings. The molecule has 0 spiro atoms. The Morgan fingerprint density at radius 3 is 2.52 bits per heavy atom. The predicted molar refractivity (Wildman–Crippen MR) is 111 cm³/mol. The Balaban J connectivity index is 1.32. The number of carbonyl (C=O) groups is 3. The number of piperidine rings is 1. The molecule has 2 aliphatic rings. The van der Waals surface area contributed by atoms with Crippen LogP contribution in [0.15, 0.2) is 34.9 Å². The maximum atomic E-state index is 12.7. The van der Waals surface area contributed by atoms with Crippen LogP contribution in [0, 0.1) is 0 Å². The van der Waals surface area contributed by atoms with E-state index in [4.69, 9.17) is 13.9 Å². The minimum Gasteiger partial charge on any atom is -0.459 e. The summed E-state index contributed by atoms with van der Waals surface area (Å²) < 4.78 is 15.9. The van der Waals surface area contributed by atoms with Gasteiger partial charge in [0.25, 0.3) is 5.91 Å². The monoisotopic (exact) mass is 427 g/mol. The number of likely N-dealkylation sites (N-methyl/N-ethyl adjacent to an activating group) is 1. The highest BCUT2D eigenvalue weighted by Gasteiger charge is 2.28. The zero-order chi connectivity index (χ0) is 22.0. The van der Waals surface area contributed by atoms with Crippen LogP contribution in [0.1, 0.15) is 40.7 Å². The van der Waals surface area contributed by atoms with Crippen molar-refractivity contribution >= 4 is 23.3 Å². The number of Topliss-reactive ketones (excluding diaryl/α,β-unsaturated/α-hetero) is 1. The van der Waals surface area contributed by atoms with E-state index >= 15 is 0 Å². The van der Waals surface area contributed by atoms with Gasteiger partial charge >= 0.3 is 0 Å². The summed E-state index contributed by atoms with van der Waals surface area (Å²) in [4.78, 5) is 40.8. The number of ketones is 1. The van der Waals surface area contributed by atoms with Crippen LogP contribution < -0.4 is 14.8 Å². The largest absolute Gasteiger partial charge is 0.459 e. The third-order valence-corrected chi connectivity index (χ3v) is 5.67. The average molecular weight is 427 g/mol. The van der Waals surface area contributed by atoms with Gasteiger partial charge in [0, 0.05) is 30.8 Å². The molecule has 0 aliphatic carbocycles. The summed E-state index contributed by atoms with van der Waals surface area (Å²) in [6, 6.07) is 6.75. The van der Waals surface area contributed by atoms with E-state index in [-0.39, 0.29) is 37.0 Å². The first-order chi connectivity index (χ1) is 14.9. The number of amides is 2. The van der Waals surface area contributed by atoms with Crippen molar-refractivity contribution in [3.05, 3.63) is 41.9 Å². The van der Waals surface area contributed by atoms with E-state index in [0.717, 1.165) is 12.8 Å². The van der Waals surface area contributed by atoms with Gasteiger partial charge in [0.15, 0.2) is 23.0 Å². The first-order valence-electron chi connectivity index (χ1n) is 10.2. The van der Waals surface area contributed by atoms with Gasteiger partial charge in [0.05, 0.1) is 18.5 Å². The van der Waals surface area contributed by atoms with Crippen molar-refractivity contribution in [2.24, 2.45) is 0 Å². The number of furan rings is 1. The third kappa shape index (κ3) is 4.56. The molecule has 0 bridgehead atoms. The zero-order valence-corrected chi connectivity index (χ0v) is 17.6. The Hall–Kier alpha value is -3.33. The van der Waals surface area contributed by atoms with Crippen molar-refractivity contribution in [1.29, 1.82) is 0 Å². The van der Waals surface area contributed by atoms with Crippen LogP contribution >= 0.6 is 0 Å². The van der Waals surface area contributed by atoms with E-state index in [1.807, 2.05) is 11.9 Å². The Morgan fingerprint density at radius 1 is 1.16 bits per heavy atom. The normalized spacial score (nSPS) is 15.9. The molecule has 3 heterocycles. The predicted octanol–water partition coefficient (Wildman–Crippen LogP) is 2.39. The smallest absolute Gasteiger partial charge is 0.289 e. The molecular weight excluding hydrogens is 402 g/mol. The molecule has 4 rings (SSSR count). The number of fused-ring (bicyclic) bond motifs is 1. The van der Waals surface area contributed by atoms with E-state index in [1.54, 1.807) is 29.2 Å². The molecule has 164 valence electrons. The summed E-state index contributed by atoms with van der Waals surface area (Å²) in [7, 11) is 1.89. The summed E-state index contributed by atoms with van der Waals surface area (Å²) in [5, 5.41) is 2.82. The minimum atomic E-state index is -0.224. The molecule has 9 heteroatoms. The zero-order valence-electron chi connectivity index (χ0n) is 17.6. The molecule has 1 aromatic carbocycles. The summed E-state index contributed by atoms with van der Waals surface area (Å²) >= 11 is 0. The number of nitrogens with one attached hydrogen (secondary N) is 1. The van der Waals surface area contributed by atoms with Gasteiger partial charge in [0.2, 0.25) is 12.7 Å². The molecule has 0 saturated carbocycles. The molecule has 9 nitrogen and oxygen atoms in total. The molecule has 2 amide bonds. The van der Waals surface area contributed by atoms with Crippen molar-refractivity contribution in [2.45, 2.75) is 25.8 Å². The molecule has 31 heavy (non-hydrogen) atoms. The van der Waals surface area contributed by atoms with Gasteiger partial charge in [-0.1, -0.05) is 0 Å². The molecule has 1 fully saturated rings. The second kappa shape index (κ2) is 8.81. The van der Waals surface area contributed by atoms with Gasteiger partial charge in [-0.25, -0.2) is 0 Å². The van der Waals surface area contributed by atoms with E-state index in [1.165, 1.54) is 13.2 Å². The van der Waals surface area contributed by atoms with Crippen LogP contribution in [0.4, 0.5) is 5.69 Å². The van der Waals surface area contributed by atoms with Crippen LogP contribution in [0.3, 0.4) is 0 Å². The van der Waals surface area contributed by atoms with Gasteiger partial charge in [-0.3, -0.25) is 19.3 Å². The highest BCUT2D eigenvalue weighted by Crippen LogP contribution is 2.37. The third-order valence-electron chi connectivity index (χ3n) is 5.67. The van der Waals surface area contributed by atoms with E-state index < -0.39 is 0 Å². The van der Waals surface area contributed by atoms with Crippen LogP contribution in [-0.2, 0) is 4.79 Å². The topological polar surface area (TPSA) is 101 Å². The van der Waals surface area contributed by atoms with Gasteiger partial charge in [0.1, 0.15) is 0 Å². The molecule has 1 N–H and O–H groups in total. The Kier molecular flexibility index (Phi) is 5.94. The summed E-state index contributed by atoms with van der Waals surface area (Å²) in [5.74, 6) is 0.839. The fourth-order valence-electron chi connectivity index (χ4n) is 3.95. The van der Waals surface area contributed by atoms with Crippen molar-refractivity contribution < 1.29 is 28.3 Å². The first kappa shape index (κ1) is 20.9. The minimum absolute atomic E-state index is 0.0912. The van der Waals surface area contributed by atoms with E-state index in [2.05, 4.69) is 5.32 Å². The number of rotatable bonds is 6. The highest BCUT2D eigenvalue weighted by atomic mass is 16.7. The van der Waals surface area contributed by atoms with Crippen molar-refractivity contribution in [2.75, 3.05) is 38.8 Å². The van der Waals surface area contributed by atoms with Crippen molar-refractivity contribution in [1.82, 2.24) is 9.80 Å². The number of carbonyl (C=O) groups excluding carboxylic acids is 3. The molecule has 1 saturated heterocycles. The van der Waals surface area contributed by atoms with Gasteiger partial charge in [-0.15, -0.1) is 0 Å². The molecule has 0 radical (unpaired) electrons. The molecule has 0 atom stereocenters. The van der Waals surface area contributed by atoms with Gasteiger partial charge < -0.3 is 24.1 Å². The molecular formula is C22H25N3O6. The molecule has 0 unspecified atom stereocenters. The number of benzene rings is 1. The number of nitrogens with zero attached hydrogens (tertiary/aromatic N) is 2. The van der Waals surface area contributed by atoms with Gasteiger partial charge in [-0.05, 0) is 45.0 Å². The molecule has 1 aromatic heterocycles. The lowest BCUT2D eigenvalue weighted by Gasteiger charge is -2.36. The summed E-state index contributed by atoms with van der Waals surface area (Å²) in [6.45, 7) is 2.91. The Labute approximate surface area is 179 Å². The Bertz CT molecular complexity index is 979. The van der Waals surface area contributed by atoms with E-state index in [9.17, 15) is 14.4 Å². The lowest BCUT2D eigenvalue weighted by molar-refractivity contribution is -0.117. The number of hydrogen-bond donors (Lipinski definition) is 1. The fraction of sp³-hybridized carbons (Fsp3) is 0.409. The standard InChI is InChI=1S/C22H25N3O6/c1-14(26)16-10-19-20(31-13-30-19)11-17(16)23-21(27)12-24(2)15-5-7-25(8-6-15)22(28)18-4-3-9-29-18/h3-4,9-11,15H,5-8,12-13H2,1-2H3,(H,23,27). The number of likely N-dealkylation sites (tertiary alicyclic amines) is 1. The van der Waals surface area contributed by atoms with Crippen molar-refractivity contribution in [3.8, 4) is 11.5 Å². The summed E-state index contributed by atoms with van der Waals surface area (Å²) in [5.41, 5.74) is 0.791. The van der Waals surface area contributed by atoms with Crippen molar-refractivity contribution in [3.63, 3.8) is 0 Å². The van der Waals surface area contributed by atoms with Gasteiger partial charge in [-0.2, -0.15) is 0 Å². The lowest BCUT2D eigenvalue weighted by Crippen LogP contribution is -2.47. The second-order valence-corrected chi connectivity index (χ2v) is 7.77. The number of ether oxygens (including phenoxy) is 2. The first-order valence-corrected chi connectivity index (χ1v) is 10.2. The Morgan fingerprint density at radius 2 is 1.87 bits per heavy atom. The molecule has 2 aliphatic heterocycles. The van der Waals surface area contributed by atoms with E-state index in [0.29, 0.717) is 41.6 Å². The van der Waals surface area contributed by atoms with Crippen LogP contribution in [0.2, 0.25) is 0 Å². The lowest BCUT2D eigenvalue weighted by atomic mass is 10.0. The fourth-order valence-corrected chi connectivity index (χ4v) is 3.95. The summed E-state index contributed by atoms with van der Waals surface area (Å²) in [6.07, 6.45) is 3.02. The number of anilines is 1.